The molecule has 5 heteroatoms. The molecular weight excluding hydrogens is 272 g/mol. The predicted molar refractivity (Wildman–Crippen MR) is 80.0 cm³/mol. The molecule has 0 aromatic rings. The van der Waals surface area contributed by atoms with Gasteiger partial charge < -0.3 is 9.84 Å². The second kappa shape index (κ2) is 13.6. The van der Waals surface area contributed by atoms with Gasteiger partial charge in [-0.25, -0.2) is 0 Å². The van der Waals surface area contributed by atoms with Crippen molar-refractivity contribution in [3.05, 3.63) is 0 Å². The van der Waals surface area contributed by atoms with Gasteiger partial charge in [-0.1, -0.05) is 39.0 Å². The van der Waals surface area contributed by atoms with Crippen molar-refractivity contribution in [3.8, 4) is 0 Å². The summed E-state index contributed by atoms with van der Waals surface area (Å²) >= 11 is 0. The van der Waals surface area contributed by atoms with E-state index in [4.69, 9.17) is 5.11 Å². The van der Waals surface area contributed by atoms with Crippen LogP contribution in [0.2, 0.25) is 0 Å². The Morgan fingerprint density at radius 3 is 2.38 bits per heavy atom. The molecular formula is C16H28O5. The molecule has 0 radical (unpaired) electrons. The van der Waals surface area contributed by atoms with Gasteiger partial charge in [0.15, 0.2) is 0 Å². The number of carbonyl (C=O) groups is 3. The summed E-state index contributed by atoms with van der Waals surface area (Å²) < 4.78 is 4.61. The van der Waals surface area contributed by atoms with E-state index in [0.717, 1.165) is 12.8 Å². The number of Topliss-reactive ketones (excluding diaryl/α,β-unsaturated/α-hetero) is 1. The number of rotatable bonds is 15. The summed E-state index contributed by atoms with van der Waals surface area (Å²) in [6.07, 6.45) is 8.21. The quantitative estimate of drug-likeness (QED) is 0.370. The fraction of sp³-hybridized carbons (Fsp3) is 0.812. The van der Waals surface area contributed by atoms with E-state index >= 15 is 0 Å². The maximum absolute atomic E-state index is 11.7. The van der Waals surface area contributed by atoms with Crippen molar-refractivity contribution in [2.45, 2.75) is 71.1 Å². The van der Waals surface area contributed by atoms with Gasteiger partial charge in [-0.15, -0.1) is 0 Å². The molecule has 0 fully saturated rings. The SMILES string of the molecule is CCCCCCCCC(=O)CCC(COC=O)CC(=O)O. The molecule has 122 valence electrons. The number of hydrogen-bond donors (Lipinski definition) is 1. The van der Waals surface area contributed by atoms with Crippen LogP contribution < -0.4 is 0 Å². The first-order valence-corrected chi connectivity index (χ1v) is 7.88. The Morgan fingerprint density at radius 1 is 1.10 bits per heavy atom. The van der Waals surface area contributed by atoms with E-state index in [1.807, 2.05) is 0 Å². The number of carboxylic acids is 1. The number of unbranched alkanes of at least 4 members (excludes halogenated alkanes) is 5. The smallest absolute Gasteiger partial charge is 0.303 e. The molecule has 1 N–H and O–H groups in total. The summed E-state index contributed by atoms with van der Waals surface area (Å²) in [5.41, 5.74) is 0. The van der Waals surface area contributed by atoms with Crippen molar-refractivity contribution in [1.29, 1.82) is 0 Å². The van der Waals surface area contributed by atoms with Crippen LogP contribution >= 0.6 is 0 Å². The van der Waals surface area contributed by atoms with Crippen LogP contribution in [-0.2, 0) is 19.1 Å². The lowest BCUT2D eigenvalue weighted by Crippen LogP contribution is -2.15. The third-order valence-corrected chi connectivity index (χ3v) is 3.50. The fourth-order valence-electron chi connectivity index (χ4n) is 2.26. The van der Waals surface area contributed by atoms with Gasteiger partial charge in [-0.3, -0.25) is 14.4 Å². The third kappa shape index (κ3) is 13.4. The average molecular weight is 300 g/mol. The number of carboxylic acid groups (broad SMARTS) is 1. The zero-order chi connectivity index (χ0) is 15.9. The Labute approximate surface area is 127 Å². The van der Waals surface area contributed by atoms with Gasteiger partial charge in [0.25, 0.3) is 6.47 Å². The molecule has 0 amide bonds. The van der Waals surface area contributed by atoms with Gasteiger partial charge in [0, 0.05) is 18.8 Å². The van der Waals surface area contributed by atoms with Crippen LogP contribution in [0.3, 0.4) is 0 Å². The lowest BCUT2D eigenvalue weighted by molar-refractivity contribution is -0.140. The van der Waals surface area contributed by atoms with Crippen LogP contribution in [0.1, 0.15) is 71.1 Å². The zero-order valence-electron chi connectivity index (χ0n) is 13.0. The first-order chi connectivity index (χ1) is 10.1. The minimum atomic E-state index is -0.933. The van der Waals surface area contributed by atoms with Gasteiger partial charge >= 0.3 is 5.97 Å². The highest BCUT2D eigenvalue weighted by Crippen LogP contribution is 2.14. The van der Waals surface area contributed by atoms with E-state index < -0.39 is 5.97 Å². The average Bonchev–Trinajstić information content (AvgIpc) is 2.45. The predicted octanol–water partition coefficient (Wildman–Crippen LogP) is 3.35. The molecule has 0 aliphatic heterocycles. The molecule has 1 atom stereocenters. The van der Waals surface area contributed by atoms with E-state index in [1.54, 1.807) is 0 Å². The third-order valence-electron chi connectivity index (χ3n) is 3.50. The van der Waals surface area contributed by atoms with Gasteiger partial charge in [0.05, 0.1) is 13.0 Å². The van der Waals surface area contributed by atoms with Crippen LogP contribution in [0.4, 0.5) is 0 Å². The highest BCUT2D eigenvalue weighted by Gasteiger charge is 2.15. The van der Waals surface area contributed by atoms with Crippen molar-refractivity contribution in [3.63, 3.8) is 0 Å². The number of aliphatic carboxylic acids is 1. The molecule has 0 aliphatic carbocycles. The van der Waals surface area contributed by atoms with Crippen molar-refractivity contribution < 1.29 is 24.2 Å². The minimum absolute atomic E-state index is 0.0695. The van der Waals surface area contributed by atoms with Crippen LogP contribution in [0, 0.1) is 5.92 Å². The van der Waals surface area contributed by atoms with Crippen LogP contribution in [0.25, 0.3) is 0 Å². The van der Waals surface area contributed by atoms with Crippen molar-refractivity contribution in [2.24, 2.45) is 5.92 Å². The monoisotopic (exact) mass is 300 g/mol. The topological polar surface area (TPSA) is 80.7 Å². The minimum Gasteiger partial charge on any atom is -0.481 e. The second-order valence-electron chi connectivity index (χ2n) is 5.49. The number of hydrogen-bond acceptors (Lipinski definition) is 4. The second-order valence-corrected chi connectivity index (χ2v) is 5.49. The molecule has 0 heterocycles. The number of carbonyl (C=O) groups excluding carboxylic acids is 2. The Balaban J connectivity index is 3.75. The number of ketones is 1. The lowest BCUT2D eigenvalue weighted by Gasteiger charge is -2.12. The lowest BCUT2D eigenvalue weighted by atomic mass is 9.97. The molecule has 0 saturated heterocycles. The molecule has 0 aromatic carbocycles. The number of ether oxygens (including phenoxy) is 1. The Kier molecular flexibility index (Phi) is 12.7. The summed E-state index contributed by atoms with van der Waals surface area (Å²) in [4.78, 5) is 32.6. The van der Waals surface area contributed by atoms with Crippen molar-refractivity contribution in [1.82, 2.24) is 0 Å². The molecule has 0 aliphatic rings. The van der Waals surface area contributed by atoms with Gasteiger partial charge in [-0.2, -0.15) is 0 Å². The van der Waals surface area contributed by atoms with Crippen LogP contribution in [-0.4, -0.2) is 29.9 Å². The molecule has 1 unspecified atom stereocenters. The highest BCUT2D eigenvalue weighted by atomic mass is 16.5. The Bertz CT molecular complexity index is 301. The first-order valence-electron chi connectivity index (χ1n) is 7.88. The van der Waals surface area contributed by atoms with E-state index in [0.29, 0.717) is 25.7 Å². The van der Waals surface area contributed by atoms with E-state index in [9.17, 15) is 14.4 Å². The Morgan fingerprint density at radius 2 is 1.76 bits per heavy atom. The van der Waals surface area contributed by atoms with E-state index in [-0.39, 0.29) is 24.7 Å². The fourth-order valence-corrected chi connectivity index (χ4v) is 2.26. The molecule has 0 saturated carbocycles. The van der Waals surface area contributed by atoms with Gasteiger partial charge in [-0.05, 0) is 12.8 Å². The summed E-state index contributed by atoms with van der Waals surface area (Å²) in [5.74, 6) is -1.04. The largest absolute Gasteiger partial charge is 0.481 e. The zero-order valence-corrected chi connectivity index (χ0v) is 13.0. The van der Waals surface area contributed by atoms with Gasteiger partial charge in [0.1, 0.15) is 5.78 Å². The summed E-state index contributed by atoms with van der Waals surface area (Å²) in [6, 6.07) is 0. The first kappa shape index (κ1) is 19.6. The Hall–Kier alpha value is -1.39. The normalized spacial score (nSPS) is 11.9. The summed E-state index contributed by atoms with van der Waals surface area (Å²) in [6.45, 7) is 2.55. The summed E-state index contributed by atoms with van der Waals surface area (Å²) in [5, 5.41) is 8.76. The van der Waals surface area contributed by atoms with Crippen LogP contribution in [0.15, 0.2) is 0 Å². The highest BCUT2D eigenvalue weighted by molar-refractivity contribution is 5.78. The summed E-state index contributed by atoms with van der Waals surface area (Å²) in [7, 11) is 0. The van der Waals surface area contributed by atoms with Crippen LogP contribution in [0.5, 0.6) is 0 Å². The molecule has 0 aromatic heterocycles. The van der Waals surface area contributed by atoms with Crippen molar-refractivity contribution in [2.75, 3.05) is 6.61 Å². The maximum Gasteiger partial charge on any atom is 0.303 e. The molecule has 0 spiro atoms. The van der Waals surface area contributed by atoms with E-state index in [1.165, 1.54) is 25.7 Å². The molecule has 0 rings (SSSR count). The standard InChI is InChI=1S/C16H28O5/c1-2-3-4-5-6-7-8-15(18)10-9-14(11-16(19)20)12-21-13-17/h13-14H,2-12H2,1H3,(H,19,20). The molecule has 5 nitrogen and oxygen atoms in total. The van der Waals surface area contributed by atoms with E-state index in [2.05, 4.69) is 11.7 Å². The molecule has 0 bridgehead atoms. The van der Waals surface area contributed by atoms with Gasteiger partial charge in [0.2, 0.25) is 0 Å². The molecule has 21 heavy (non-hydrogen) atoms. The maximum atomic E-state index is 11.7. The van der Waals surface area contributed by atoms with Crippen molar-refractivity contribution >= 4 is 18.2 Å².